The van der Waals surface area contributed by atoms with Gasteiger partial charge < -0.3 is 0 Å². The molecule has 0 saturated heterocycles. The first-order valence-electron chi connectivity index (χ1n) is 8.38. The largest absolute Gasteiger partial charge is 0.288 e. The summed E-state index contributed by atoms with van der Waals surface area (Å²) in [5.74, 6) is -0.638. The first kappa shape index (κ1) is 15.6. The molecule has 25 heavy (non-hydrogen) atoms. The number of nitrogens with one attached hydrogen (secondary N) is 1. The quantitative estimate of drug-likeness (QED) is 0.658. The fraction of sp³-hybridized carbons (Fsp3) is 0.182. The third kappa shape index (κ3) is 2.43. The molecule has 0 unspecified atom stereocenters. The lowest BCUT2D eigenvalue weighted by atomic mass is 9.83. The van der Waals surface area contributed by atoms with Crippen molar-refractivity contribution in [3.63, 3.8) is 0 Å². The average Bonchev–Trinajstić information content (AvgIpc) is 2.86. The maximum absolute atomic E-state index is 12.5. The van der Waals surface area contributed by atoms with Crippen LogP contribution in [0.2, 0.25) is 0 Å². The number of carbonyl (C=O) groups excluding carboxylic acids is 2. The summed E-state index contributed by atoms with van der Waals surface area (Å²) >= 11 is 0. The van der Waals surface area contributed by atoms with E-state index in [9.17, 15) is 9.59 Å². The van der Waals surface area contributed by atoms with E-state index in [0.717, 1.165) is 21.9 Å². The van der Waals surface area contributed by atoms with Gasteiger partial charge in [-0.05, 0) is 39.4 Å². The molecule has 0 aliphatic carbocycles. The standard InChI is InChI=1S/C22H19NO2/c1-22(2,3)15-10-9-14-11-17-19(21(25)23-20(17)24)18(16(14)12-15)13-7-5-4-6-8-13/h4-12H,1-3H3,(H,23,24,25). The lowest BCUT2D eigenvalue weighted by Crippen LogP contribution is -2.20. The Morgan fingerprint density at radius 1 is 0.800 bits per heavy atom. The Hall–Kier alpha value is -2.94. The Morgan fingerprint density at radius 2 is 1.52 bits per heavy atom. The lowest BCUT2D eigenvalue weighted by Gasteiger charge is -2.21. The Labute approximate surface area is 146 Å². The van der Waals surface area contributed by atoms with Crippen LogP contribution in [0.15, 0.2) is 54.6 Å². The maximum Gasteiger partial charge on any atom is 0.259 e. The topological polar surface area (TPSA) is 46.2 Å². The zero-order valence-electron chi connectivity index (χ0n) is 14.5. The monoisotopic (exact) mass is 329 g/mol. The van der Waals surface area contributed by atoms with Gasteiger partial charge in [0.25, 0.3) is 11.8 Å². The number of hydrogen-bond donors (Lipinski definition) is 1. The lowest BCUT2D eigenvalue weighted by molar-refractivity contribution is 0.0880. The molecule has 124 valence electrons. The molecular formula is C22H19NO2. The van der Waals surface area contributed by atoms with Crippen molar-refractivity contribution in [2.24, 2.45) is 0 Å². The molecular weight excluding hydrogens is 310 g/mol. The number of amides is 2. The van der Waals surface area contributed by atoms with Gasteiger partial charge in [-0.1, -0.05) is 63.2 Å². The second kappa shape index (κ2) is 5.28. The first-order chi connectivity index (χ1) is 11.9. The highest BCUT2D eigenvalue weighted by Gasteiger charge is 2.31. The number of rotatable bonds is 1. The van der Waals surface area contributed by atoms with E-state index in [1.165, 1.54) is 5.56 Å². The fourth-order valence-electron chi connectivity index (χ4n) is 3.41. The third-order valence-corrected chi connectivity index (χ3v) is 4.77. The molecule has 1 aliphatic rings. The number of fused-ring (bicyclic) bond motifs is 2. The molecule has 0 radical (unpaired) electrons. The van der Waals surface area contributed by atoms with Crippen molar-refractivity contribution in [3.8, 4) is 11.1 Å². The van der Waals surface area contributed by atoms with Gasteiger partial charge in [0.1, 0.15) is 0 Å². The highest BCUT2D eigenvalue weighted by atomic mass is 16.2. The van der Waals surface area contributed by atoms with E-state index in [4.69, 9.17) is 0 Å². The van der Waals surface area contributed by atoms with Crippen molar-refractivity contribution in [3.05, 3.63) is 71.3 Å². The van der Waals surface area contributed by atoms with Crippen molar-refractivity contribution in [2.45, 2.75) is 26.2 Å². The van der Waals surface area contributed by atoms with Crippen LogP contribution in [0, 0.1) is 0 Å². The van der Waals surface area contributed by atoms with Gasteiger partial charge in [0.15, 0.2) is 0 Å². The zero-order chi connectivity index (χ0) is 17.8. The van der Waals surface area contributed by atoms with Gasteiger partial charge in [-0.2, -0.15) is 0 Å². The maximum atomic E-state index is 12.5. The van der Waals surface area contributed by atoms with Crippen molar-refractivity contribution >= 4 is 22.6 Å². The Bertz CT molecular complexity index is 1030. The van der Waals surface area contributed by atoms with Gasteiger partial charge in [0.2, 0.25) is 0 Å². The van der Waals surface area contributed by atoms with Gasteiger partial charge in [-0.15, -0.1) is 0 Å². The summed E-state index contributed by atoms with van der Waals surface area (Å²) in [6.45, 7) is 6.50. The van der Waals surface area contributed by atoms with Crippen LogP contribution in [0.3, 0.4) is 0 Å². The van der Waals surface area contributed by atoms with Crippen molar-refractivity contribution < 1.29 is 9.59 Å². The van der Waals surface area contributed by atoms with Crippen LogP contribution in [0.25, 0.3) is 21.9 Å². The normalized spacial score (nSPS) is 13.9. The van der Waals surface area contributed by atoms with Crippen LogP contribution in [0.4, 0.5) is 0 Å². The van der Waals surface area contributed by atoms with Gasteiger partial charge in [-0.25, -0.2) is 0 Å². The Morgan fingerprint density at radius 3 is 2.20 bits per heavy atom. The first-order valence-corrected chi connectivity index (χ1v) is 8.38. The van der Waals surface area contributed by atoms with E-state index in [1.807, 2.05) is 42.5 Å². The minimum Gasteiger partial charge on any atom is -0.288 e. The molecule has 2 amide bonds. The Kier molecular flexibility index (Phi) is 3.29. The predicted molar refractivity (Wildman–Crippen MR) is 99.9 cm³/mol. The predicted octanol–water partition coefficient (Wildman–Crippen LogP) is 4.69. The molecule has 3 aromatic carbocycles. The molecule has 0 saturated carbocycles. The number of hydrogen-bond acceptors (Lipinski definition) is 2. The molecule has 0 atom stereocenters. The van der Waals surface area contributed by atoms with E-state index >= 15 is 0 Å². The molecule has 0 aromatic heterocycles. The van der Waals surface area contributed by atoms with E-state index in [1.54, 1.807) is 0 Å². The van der Waals surface area contributed by atoms with Crippen LogP contribution in [0.1, 0.15) is 47.1 Å². The molecule has 1 N–H and O–H groups in total. The molecule has 3 nitrogen and oxygen atoms in total. The van der Waals surface area contributed by atoms with Crippen LogP contribution >= 0.6 is 0 Å². The average molecular weight is 329 g/mol. The summed E-state index contributed by atoms with van der Waals surface area (Å²) in [5.41, 5.74) is 3.92. The van der Waals surface area contributed by atoms with Gasteiger partial charge in [-0.3, -0.25) is 14.9 Å². The van der Waals surface area contributed by atoms with E-state index in [0.29, 0.717) is 11.1 Å². The third-order valence-electron chi connectivity index (χ3n) is 4.77. The van der Waals surface area contributed by atoms with E-state index < -0.39 is 0 Å². The van der Waals surface area contributed by atoms with Gasteiger partial charge >= 0.3 is 0 Å². The minimum absolute atomic E-state index is 0.000754. The Balaban J connectivity index is 2.15. The van der Waals surface area contributed by atoms with Crippen LogP contribution in [-0.2, 0) is 5.41 Å². The molecule has 0 fully saturated rings. The van der Waals surface area contributed by atoms with Crippen molar-refractivity contribution in [1.82, 2.24) is 5.32 Å². The SMILES string of the molecule is CC(C)(C)c1ccc2cc3c(c(-c4ccccc4)c2c1)C(=O)NC3=O. The van der Waals surface area contributed by atoms with Crippen LogP contribution in [-0.4, -0.2) is 11.8 Å². The van der Waals surface area contributed by atoms with E-state index in [2.05, 4.69) is 38.2 Å². The fourth-order valence-corrected chi connectivity index (χ4v) is 3.41. The summed E-state index contributed by atoms with van der Waals surface area (Å²) < 4.78 is 0. The molecule has 0 spiro atoms. The summed E-state index contributed by atoms with van der Waals surface area (Å²) in [6.07, 6.45) is 0. The highest BCUT2D eigenvalue weighted by molar-refractivity contribution is 6.27. The van der Waals surface area contributed by atoms with Gasteiger partial charge in [0, 0.05) is 5.56 Å². The summed E-state index contributed by atoms with van der Waals surface area (Å²) in [4.78, 5) is 24.7. The number of imide groups is 1. The van der Waals surface area contributed by atoms with Crippen molar-refractivity contribution in [2.75, 3.05) is 0 Å². The van der Waals surface area contributed by atoms with E-state index in [-0.39, 0.29) is 17.2 Å². The summed E-state index contributed by atoms with van der Waals surface area (Å²) in [7, 11) is 0. The van der Waals surface area contributed by atoms with Gasteiger partial charge in [0.05, 0.1) is 11.1 Å². The second-order valence-electron chi connectivity index (χ2n) is 7.51. The van der Waals surface area contributed by atoms with Crippen molar-refractivity contribution in [1.29, 1.82) is 0 Å². The summed E-state index contributed by atoms with van der Waals surface area (Å²) in [5, 5.41) is 4.40. The zero-order valence-corrected chi connectivity index (χ0v) is 14.5. The smallest absolute Gasteiger partial charge is 0.259 e. The molecule has 3 aromatic rings. The molecule has 0 bridgehead atoms. The molecule has 1 heterocycles. The molecule has 3 heteroatoms. The number of carbonyl (C=O) groups is 2. The summed E-state index contributed by atoms with van der Waals surface area (Å²) in [6, 6.07) is 17.9. The highest BCUT2D eigenvalue weighted by Crippen LogP contribution is 2.38. The second-order valence-corrected chi connectivity index (χ2v) is 7.51. The van der Waals surface area contributed by atoms with Crippen LogP contribution < -0.4 is 5.32 Å². The minimum atomic E-state index is -0.320. The number of benzene rings is 3. The van der Waals surface area contributed by atoms with Crippen LogP contribution in [0.5, 0.6) is 0 Å². The molecule has 4 rings (SSSR count). The molecule has 1 aliphatic heterocycles.